The van der Waals surface area contributed by atoms with Crippen molar-refractivity contribution in [1.82, 2.24) is 10.3 Å². The third-order valence-corrected chi connectivity index (χ3v) is 3.28. The molecule has 0 aliphatic rings. The molecule has 2 rings (SSSR count). The smallest absolute Gasteiger partial charge is 0.0708 e. The Balaban J connectivity index is 2.16. The Morgan fingerprint density at radius 3 is 2.74 bits per heavy atom. The fraction of sp³-hybridized carbons (Fsp3) is 0.438. The van der Waals surface area contributed by atoms with Crippen molar-refractivity contribution in [2.75, 3.05) is 13.2 Å². The fourth-order valence-electron chi connectivity index (χ4n) is 2.13. The van der Waals surface area contributed by atoms with Gasteiger partial charge in [-0.3, -0.25) is 4.98 Å². The number of fused-ring (bicyclic) bond motifs is 1. The quantitative estimate of drug-likeness (QED) is 0.866. The average molecular weight is 258 g/mol. The van der Waals surface area contributed by atoms with E-state index < -0.39 is 0 Å². The van der Waals surface area contributed by atoms with E-state index in [0.29, 0.717) is 0 Å². The van der Waals surface area contributed by atoms with E-state index in [1.807, 2.05) is 25.1 Å². The number of pyridine rings is 1. The third kappa shape index (κ3) is 3.52. The van der Waals surface area contributed by atoms with Gasteiger partial charge in [-0.1, -0.05) is 32.0 Å². The molecule has 3 nitrogen and oxygen atoms in total. The van der Waals surface area contributed by atoms with Crippen LogP contribution in [0.5, 0.6) is 0 Å². The van der Waals surface area contributed by atoms with Gasteiger partial charge in [-0.2, -0.15) is 0 Å². The second kappa shape index (κ2) is 5.68. The summed E-state index contributed by atoms with van der Waals surface area (Å²) in [5.74, 6) is 0. The highest BCUT2D eigenvalue weighted by Crippen LogP contribution is 2.18. The molecule has 0 spiro atoms. The van der Waals surface area contributed by atoms with E-state index in [1.54, 1.807) is 0 Å². The number of nitrogens with one attached hydrogen (secondary N) is 1. The molecular weight excluding hydrogens is 236 g/mol. The van der Waals surface area contributed by atoms with Gasteiger partial charge in [-0.25, -0.2) is 0 Å². The van der Waals surface area contributed by atoms with Gasteiger partial charge < -0.3 is 10.4 Å². The average Bonchev–Trinajstić information content (AvgIpc) is 2.38. The summed E-state index contributed by atoms with van der Waals surface area (Å²) in [5, 5.41) is 13.9. The molecule has 2 N–H and O–H groups in total. The minimum Gasteiger partial charge on any atom is -0.396 e. The molecule has 102 valence electrons. The minimum atomic E-state index is -0.0854. The molecule has 0 unspecified atom stereocenters. The van der Waals surface area contributed by atoms with E-state index in [1.165, 1.54) is 10.9 Å². The van der Waals surface area contributed by atoms with Crippen LogP contribution in [0.2, 0.25) is 0 Å². The van der Waals surface area contributed by atoms with E-state index in [2.05, 4.69) is 36.3 Å². The van der Waals surface area contributed by atoms with E-state index in [0.717, 1.165) is 24.3 Å². The summed E-state index contributed by atoms with van der Waals surface area (Å²) in [7, 11) is 0. The molecule has 0 saturated carbocycles. The lowest BCUT2D eigenvalue weighted by Crippen LogP contribution is -2.31. The van der Waals surface area contributed by atoms with Crippen molar-refractivity contribution >= 4 is 10.9 Å². The van der Waals surface area contributed by atoms with Crippen molar-refractivity contribution in [3.63, 3.8) is 0 Å². The number of rotatable bonds is 5. The molecule has 0 fully saturated rings. The predicted molar refractivity (Wildman–Crippen MR) is 79.1 cm³/mol. The Hall–Kier alpha value is -1.45. The summed E-state index contributed by atoms with van der Waals surface area (Å²) in [5.41, 5.74) is 3.26. The second-order valence-electron chi connectivity index (χ2n) is 5.87. The van der Waals surface area contributed by atoms with Crippen molar-refractivity contribution in [3.8, 4) is 0 Å². The van der Waals surface area contributed by atoms with Crippen molar-refractivity contribution in [3.05, 3.63) is 41.6 Å². The Morgan fingerprint density at radius 2 is 2.00 bits per heavy atom. The second-order valence-corrected chi connectivity index (χ2v) is 5.87. The molecule has 2 aromatic rings. The van der Waals surface area contributed by atoms with Crippen LogP contribution < -0.4 is 5.32 Å². The third-order valence-electron chi connectivity index (χ3n) is 3.28. The highest BCUT2D eigenvalue weighted by Gasteiger charge is 2.15. The van der Waals surface area contributed by atoms with Crippen LogP contribution in [-0.2, 0) is 6.54 Å². The van der Waals surface area contributed by atoms with Gasteiger partial charge in [-0.05, 0) is 24.6 Å². The van der Waals surface area contributed by atoms with E-state index in [9.17, 15) is 5.11 Å². The molecule has 0 aliphatic carbocycles. The van der Waals surface area contributed by atoms with Crippen LogP contribution in [-0.4, -0.2) is 23.2 Å². The topological polar surface area (TPSA) is 45.1 Å². The monoisotopic (exact) mass is 258 g/mol. The number of aliphatic hydroxyl groups excluding tert-OH is 1. The van der Waals surface area contributed by atoms with Crippen LogP contribution in [0.15, 0.2) is 30.3 Å². The maximum atomic E-state index is 9.26. The van der Waals surface area contributed by atoms with Crippen LogP contribution in [0.25, 0.3) is 10.9 Å². The van der Waals surface area contributed by atoms with Gasteiger partial charge in [0.1, 0.15) is 0 Å². The van der Waals surface area contributed by atoms with Crippen molar-refractivity contribution < 1.29 is 5.11 Å². The summed E-state index contributed by atoms with van der Waals surface area (Å²) in [6.07, 6.45) is 0. The predicted octanol–water partition coefficient (Wildman–Crippen LogP) is 2.65. The van der Waals surface area contributed by atoms with Crippen LogP contribution in [0, 0.1) is 12.3 Å². The molecule has 0 radical (unpaired) electrons. The van der Waals surface area contributed by atoms with Crippen LogP contribution in [0.3, 0.4) is 0 Å². The molecule has 1 aromatic carbocycles. The summed E-state index contributed by atoms with van der Waals surface area (Å²) in [4.78, 5) is 4.54. The van der Waals surface area contributed by atoms with Gasteiger partial charge >= 0.3 is 0 Å². The van der Waals surface area contributed by atoms with Crippen LogP contribution in [0.4, 0.5) is 0 Å². The van der Waals surface area contributed by atoms with Gasteiger partial charge in [0.2, 0.25) is 0 Å². The van der Waals surface area contributed by atoms with Gasteiger partial charge in [0.25, 0.3) is 0 Å². The Kier molecular flexibility index (Phi) is 4.17. The molecule has 0 bridgehead atoms. The summed E-state index contributed by atoms with van der Waals surface area (Å²) >= 11 is 0. The highest BCUT2D eigenvalue weighted by molar-refractivity contribution is 5.82. The van der Waals surface area contributed by atoms with E-state index in [4.69, 9.17) is 0 Å². The highest BCUT2D eigenvalue weighted by atomic mass is 16.3. The van der Waals surface area contributed by atoms with Gasteiger partial charge in [0, 0.05) is 36.2 Å². The van der Waals surface area contributed by atoms with Crippen molar-refractivity contribution in [2.24, 2.45) is 5.41 Å². The zero-order valence-corrected chi connectivity index (χ0v) is 11.9. The number of aromatic nitrogens is 1. The number of benzene rings is 1. The van der Waals surface area contributed by atoms with Crippen molar-refractivity contribution in [1.29, 1.82) is 0 Å². The number of para-hydroxylation sites is 1. The summed E-state index contributed by atoms with van der Waals surface area (Å²) in [6, 6.07) is 10.3. The maximum Gasteiger partial charge on any atom is 0.0708 e. The lowest BCUT2D eigenvalue weighted by atomic mass is 9.95. The largest absolute Gasteiger partial charge is 0.396 e. The summed E-state index contributed by atoms with van der Waals surface area (Å²) in [6.45, 7) is 7.90. The van der Waals surface area contributed by atoms with Gasteiger partial charge in [-0.15, -0.1) is 0 Å². The molecular formula is C16H22N2O. The minimum absolute atomic E-state index is 0.0854. The number of aliphatic hydroxyl groups is 1. The Morgan fingerprint density at radius 1 is 1.26 bits per heavy atom. The molecule has 0 atom stereocenters. The molecule has 1 aromatic heterocycles. The lowest BCUT2D eigenvalue weighted by Gasteiger charge is -2.22. The van der Waals surface area contributed by atoms with Crippen LogP contribution >= 0.6 is 0 Å². The standard InChI is InChI=1S/C16H22N2O/c1-12-8-13(9-17-10-16(2,3)11-19)14-6-4-5-7-15(14)18-12/h4-8,17,19H,9-11H2,1-3H3. The fourth-order valence-corrected chi connectivity index (χ4v) is 2.13. The van der Waals surface area contributed by atoms with Gasteiger partial charge in [0.15, 0.2) is 0 Å². The first-order chi connectivity index (χ1) is 9.02. The number of aryl methyl sites for hydroxylation is 1. The molecule has 0 aliphatic heterocycles. The molecule has 1 heterocycles. The first kappa shape index (κ1) is 14.0. The molecule has 19 heavy (non-hydrogen) atoms. The SMILES string of the molecule is Cc1cc(CNCC(C)(C)CO)c2ccccc2n1. The molecule has 3 heteroatoms. The summed E-state index contributed by atoms with van der Waals surface area (Å²) < 4.78 is 0. The number of hydrogen-bond acceptors (Lipinski definition) is 3. The maximum absolute atomic E-state index is 9.26. The van der Waals surface area contributed by atoms with E-state index >= 15 is 0 Å². The van der Waals surface area contributed by atoms with Gasteiger partial charge in [0.05, 0.1) is 5.52 Å². The Labute approximate surface area is 114 Å². The first-order valence-corrected chi connectivity index (χ1v) is 6.69. The zero-order valence-electron chi connectivity index (χ0n) is 11.9. The molecule has 0 saturated heterocycles. The number of nitrogens with zero attached hydrogens (tertiary/aromatic N) is 1. The molecule has 0 amide bonds. The van der Waals surface area contributed by atoms with E-state index in [-0.39, 0.29) is 12.0 Å². The first-order valence-electron chi connectivity index (χ1n) is 6.69. The Bertz CT molecular complexity index is 564. The lowest BCUT2D eigenvalue weighted by molar-refractivity contribution is 0.157. The normalized spacial score (nSPS) is 12.0. The van der Waals surface area contributed by atoms with Crippen molar-refractivity contribution in [2.45, 2.75) is 27.3 Å². The number of hydrogen-bond donors (Lipinski definition) is 2. The van der Waals surface area contributed by atoms with Crippen LogP contribution in [0.1, 0.15) is 25.1 Å². The zero-order chi connectivity index (χ0) is 13.9.